The Morgan fingerprint density at radius 2 is 1.94 bits per heavy atom. The van der Waals surface area contributed by atoms with Crippen molar-refractivity contribution in [2.75, 3.05) is 11.9 Å². The molecule has 3 aromatic rings. The molecule has 0 spiro atoms. The second-order valence-corrected chi connectivity index (χ2v) is 8.21. The Morgan fingerprint density at radius 1 is 1.06 bits per heavy atom. The van der Waals surface area contributed by atoms with Crippen molar-refractivity contribution in [3.63, 3.8) is 0 Å². The Morgan fingerprint density at radius 3 is 2.71 bits per heavy atom. The minimum atomic E-state index is 0.507. The van der Waals surface area contributed by atoms with Gasteiger partial charge >= 0.3 is 0 Å². The first kappa shape index (κ1) is 20.8. The van der Waals surface area contributed by atoms with Crippen LogP contribution in [0.5, 0.6) is 0 Å². The zero-order valence-corrected chi connectivity index (χ0v) is 18.4. The molecule has 1 aliphatic heterocycles. The third kappa shape index (κ3) is 5.00. The van der Waals surface area contributed by atoms with Crippen molar-refractivity contribution in [3.05, 3.63) is 89.7 Å². The summed E-state index contributed by atoms with van der Waals surface area (Å²) in [4.78, 5) is 13.5. The Bertz CT molecular complexity index is 1170. The number of nitrogens with zero attached hydrogens (tertiary/aromatic N) is 3. The highest BCUT2D eigenvalue weighted by Gasteiger charge is 2.12. The highest BCUT2D eigenvalue weighted by molar-refractivity contribution is 5.97. The molecule has 0 amide bonds. The summed E-state index contributed by atoms with van der Waals surface area (Å²) in [6.07, 6.45) is 5.51. The predicted octanol–water partition coefficient (Wildman–Crippen LogP) is 5.25. The minimum absolute atomic E-state index is 0.507. The van der Waals surface area contributed by atoms with Crippen LogP contribution < -0.4 is 10.6 Å². The van der Waals surface area contributed by atoms with Crippen LogP contribution in [0.25, 0.3) is 10.9 Å². The van der Waals surface area contributed by atoms with E-state index in [1.165, 1.54) is 16.7 Å². The fraction of sp³-hybridized carbons (Fsp3) is 0.269. The first-order chi connectivity index (χ1) is 15.0. The molecule has 2 N–H and O–H groups in total. The van der Waals surface area contributed by atoms with E-state index >= 15 is 0 Å². The molecule has 2 aromatic carbocycles. The maximum absolute atomic E-state index is 4.55. The third-order valence-electron chi connectivity index (χ3n) is 5.56. The van der Waals surface area contributed by atoms with Gasteiger partial charge in [0.2, 0.25) is 0 Å². The first-order valence-electron chi connectivity index (χ1n) is 10.8. The summed E-state index contributed by atoms with van der Waals surface area (Å²) in [6.45, 7) is 11.4. The summed E-state index contributed by atoms with van der Waals surface area (Å²) in [5.41, 5.74) is 6.82. The van der Waals surface area contributed by atoms with Crippen molar-refractivity contribution in [2.24, 2.45) is 10.9 Å². The molecule has 1 aliphatic rings. The smallest absolute Gasteiger partial charge is 0.126 e. The van der Waals surface area contributed by atoms with Gasteiger partial charge in [-0.15, -0.1) is 0 Å². The highest BCUT2D eigenvalue weighted by atomic mass is 15.1. The number of aromatic nitrogens is 2. The topological polar surface area (TPSA) is 62.2 Å². The summed E-state index contributed by atoms with van der Waals surface area (Å²) >= 11 is 0. The number of nitrogens with one attached hydrogen (secondary N) is 2. The molecule has 0 aliphatic carbocycles. The SMILES string of the molecule is C=C(NC1=NCC(C(C)C)=C1)Nc1cccc(Cc2ncnc3cc(CC)ccc23)c1. The fourth-order valence-electron chi connectivity index (χ4n) is 3.70. The Labute approximate surface area is 184 Å². The van der Waals surface area contributed by atoms with Crippen LogP contribution in [0.3, 0.4) is 0 Å². The van der Waals surface area contributed by atoms with E-state index in [9.17, 15) is 0 Å². The molecule has 2 heterocycles. The van der Waals surface area contributed by atoms with Crippen molar-refractivity contribution in [1.29, 1.82) is 0 Å². The summed E-state index contributed by atoms with van der Waals surface area (Å²) in [6, 6.07) is 14.8. The standard InChI is InChI=1S/C26H29N5/c1-5-19-9-10-23-24(12-19)28-16-29-25(23)13-20-7-6-8-22(11-20)30-18(4)31-26-14-21(15-27-26)17(2)3/h6-12,14,16-17,30H,4-5,13,15H2,1-3H3,(H,27,31). The van der Waals surface area contributed by atoms with Crippen LogP contribution in [0.2, 0.25) is 0 Å². The van der Waals surface area contributed by atoms with Crippen LogP contribution in [0.15, 0.2) is 77.8 Å². The number of rotatable bonds is 7. The molecule has 0 atom stereocenters. The predicted molar refractivity (Wildman–Crippen MR) is 129 cm³/mol. The Balaban J connectivity index is 1.46. The van der Waals surface area contributed by atoms with E-state index in [0.717, 1.165) is 47.5 Å². The second kappa shape index (κ2) is 9.13. The Kier molecular flexibility index (Phi) is 6.12. The number of benzene rings is 2. The molecular weight excluding hydrogens is 382 g/mol. The molecule has 0 unspecified atom stereocenters. The molecule has 0 saturated heterocycles. The van der Waals surface area contributed by atoms with Crippen LogP contribution >= 0.6 is 0 Å². The maximum Gasteiger partial charge on any atom is 0.126 e. The fourth-order valence-corrected chi connectivity index (χ4v) is 3.70. The molecule has 0 bridgehead atoms. The zero-order valence-electron chi connectivity index (χ0n) is 18.4. The molecule has 5 nitrogen and oxygen atoms in total. The Hall–Kier alpha value is -3.47. The number of fused-ring (bicyclic) bond motifs is 1. The average Bonchev–Trinajstić information content (AvgIpc) is 3.22. The van der Waals surface area contributed by atoms with E-state index in [1.54, 1.807) is 6.33 Å². The van der Waals surface area contributed by atoms with Crippen molar-refractivity contribution < 1.29 is 0 Å². The number of aryl methyl sites for hydroxylation is 1. The van der Waals surface area contributed by atoms with Gasteiger partial charge < -0.3 is 10.6 Å². The molecule has 1 aromatic heterocycles. The van der Waals surface area contributed by atoms with Crippen LogP contribution in [0.1, 0.15) is 37.6 Å². The van der Waals surface area contributed by atoms with Crippen LogP contribution in [-0.2, 0) is 12.8 Å². The van der Waals surface area contributed by atoms with E-state index in [4.69, 9.17) is 0 Å². The largest absolute Gasteiger partial charge is 0.342 e. The number of aliphatic imine (C=N–C) groups is 1. The van der Waals surface area contributed by atoms with Gasteiger partial charge in [-0.25, -0.2) is 9.97 Å². The molecule has 158 valence electrons. The normalized spacial score (nSPS) is 13.3. The zero-order chi connectivity index (χ0) is 21.8. The van der Waals surface area contributed by atoms with Gasteiger partial charge in [0.15, 0.2) is 0 Å². The number of anilines is 1. The summed E-state index contributed by atoms with van der Waals surface area (Å²) in [5, 5.41) is 7.71. The molecule has 5 heteroatoms. The molecule has 0 radical (unpaired) electrons. The van der Waals surface area contributed by atoms with Gasteiger partial charge in [-0.05, 0) is 53.3 Å². The van der Waals surface area contributed by atoms with Crippen molar-refractivity contribution in [1.82, 2.24) is 15.3 Å². The molecule has 0 fully saturated rings. The lowest BCUT2D eigenvalue weighted by atomic mass is 10.0. The van der Waals surface area contributed by atoms with E-state index in [0.29, 0.717) is 11.7 Å². The van der Waals surface area contributed by atoms with Gasteiger partial charge in [-0.3, -0.25) is 4.99 Å². The van der Waals surface area contributed by atoms with E-state index in [2.05, 4.69) is 89.4 Å². The monoisotopic (exact) mass is 411 g/mol. The molecule has 4 rings (SSSR count). The quantitative estimate of drug-likeness (QED) is 0.557. The van der Waals surface area contributed by atoms with E-state index in [1.807, 2.05) is 12.1 Å². The van der Waals surface area contributed by atoms with Gasteiger partial charge in [0.25, 0.3) is 0 Å². The van der Waals surface area contributed by atoms with Crippen molar-refractivity contribution >= 4 is 22.4 Å². The second-order valence-electron chi connectivity index (χ2n) is 8.21. The number of hydrogen-bond acceptors (Lipinski definition) is 5. The first-order valence-corrected chi connectivity index (χ1v) is 10.8. The summed E-state index contributed by atoms with van der Waals surface area (Å²) in [5.74, 6) is 2.07. The molecule has 0 saturated carbocycles. The van der Waals surface area contributed by atoms with Gasteiger partial charge in [-0.2, -0.15) is 0 Å². The third-order valence-corrected chi connectivity index (χ3v) is 5.56. The lowest BCUT2D eigenvalue weighted by Gasteiger charge is -2.13. The number of hydrogen-bond donors (Lipinski definition) is 2. The van der Waals surface area contributed by atoms with Gasteiger partial charge in [0.1, 0.15) is 18.0 Å². The minimum Gasteiger partial charge on any atom is -0.342 e. The van der Waals surface area contributed by atoms with E-state index < -0.39 is 0 Å². The lowest BCUT2D eigenvalue weighted by Crippen LogP contribution is -2.23. The van der Waals surface area contributed by atoms with Gasteiger partial charge in [0.05, 0.1) is 17.8 Å². The highest BCUT2D eigenvalue weighted by Crippen LogP contribution is 2.21. The van der Waals surface area contributed by atoms with Crippen LogP contribution in [0, 0.1) is 5.92 Å². The van der Waals surface area contributed by atoms with Gasteiger partial charge in [0, 0.05) is 17.5 Å². The van der Waals surface area contributed by atoms with E-state index in [-0.39, 0.29) is 0 Å². The van der Waals surface area contributed by atoms with Crippen LogP contribution in [0.4, 0.5) is 5.69 Å². The molecular formula is C26H29N5. The number of amidine groups is 1. The lowest BCUT2D eigenvalue weighted by molar-refractivity contribution is 0.754. The summed E-state index contributed by atoms with van der Waals surface area (Å²) < 4.78 is 0. The van der Waals surface area contributed by atoms with Crippen LogP contribution in [-0.4, -0.2) is 22.3 Å². The molecule has 31 heavy (non-hydrogen) atoms. The maximum atomic E-state index is 4.55. The average molecular weight is 412 g/mol. The van der Waals surface area contributed by atoms with Crippen molar-refractivity contribution in [3.8, 4) is 0 Å². The van der Waals surface area contributed by atoms with Gasteiger partial charge in [-0.1, -0.05) is 51.6 Å². The summed E-state index contributed by atoms with van der Waals surface area (Å²) in [7, 11) is 0. The van der Waals surface area contributed by atoms with Crippen molar-refractivity contribution in [2.45, 2.75) is 33.6 Å².